The molecule has 0 rings (SSSR count). The quantitative estimate of drug-likeness (QED) is 0.151. The van der Waals surface area contributed by atoms with E-state index in [-0.39, 0.29) is 0 Å². The number of nitrogens with two attached hydrogens (primary N) is 1. The van der Waals surface area contributed by atoms with Crippen LogP contribution in [-0.4, -0.2) is 16.6 Å². The first-order chi connectivity index (χ1) is 4.59. The van der Waals surface area contributed by atoms with Gasteiger partial charge in [-0.15, -0.1) is 5.10 Å². The van der Waals surface area contributed by atoms with Crippen LogP contribution in [-0.2, 0) is 0 Å². The minimum Gasteiger partial charge on any atom is -0.375 e. The molecule has 0 saturated heterocycles. The van der Waals surface area contributed by atoms with Gasteiger partial charge < -0.3 is 15.8 Å². The molecular weight excluding hydrogens is 140 g/mol. The zero-order valence-corrected chi connectivity index (χ0v) is 4.74. The first-order valence-corrected chi connectivity index (χ1v) is 2.02. The number of nitrogens with one attached hydrogen (secondary N) is 2. The average molecular weight is 144 g/mol. The highest BCUT2D eigenvalue weighted by atomic mass is 16.6. The van der Waals surface area contributed by atoms with Crippen LogP contribution in [0.2, 0.25) is 0 Å². The van der Waals surface area contributed by atoms with Gasteiger partial charge in [-0.1, -0.05) is 10.6 Å². The van der Waals surface area contributed by atoms with E-state index in [1.54, 1.807) is 0 Å². The Kier molecular flexibility index (Phi) is 2.62. The van der Waals surface area contributed by atoms with Gasteiger partial charge in [0.15, 0.2) is 0 Å². The fourth-order valence-corrected chi connectivity index (χ4v) is 0.195. The fraction of sp³-hybridized carbons (Fsp3) is 0. The fourth-order valence-electron chi connectivity index (χ4n) is 0.195. The van der Waals surface area contributed by atoms with Crippen molar-refractivity contribution < 1.29 is 4.92 Å². The highest BCUT2D eigenvalue weighted by Crippen LogP contribution is 1.77. The molecule has 4 N–H and O–H groups in total. The van der Waals surface area contributed by atoms with Gasteiger partial charge in [-0.05, 0) is 4.92 Å². The Morgan fingerprint density at radius 2 is 2.20 bits per heavy atom. The Morgan fingerprint density at radius 3 is 2.50 bits per heavy atom. The minimum atomic E-state index is -1.06. The first-order valence-electron chi connectivity index (χ1n) is 2.02. The summed E-state index contributed by atoms with van der Waals surface area (Å²) in [4.78, 5) is 8.71. The van der Waals surface area contributed by atoms with Gasteiger partial charge in [0.05, 0.1) is 0 Å². The molecule has 0 spiro atoms. The Bertz CT molecular complexity index is 206. The maximum atomic E-state index is 9.73. The number of nitro groups is 1. The van der Waals surface area contributed by atoms with Crippen LogP contribution in [0.1, 0.15) is 0 Å². The van der Waals surface area contributed by atoms with Gasteiger partial charge in [0.1, 0.15) is 0 Å². The van der Waals surface area contributed by atoms with Crippen LogP contribution in [0.3, 0.4) is 0 Å². The lowest BCUT2D eigenvalue weighted by Crippen LogP contribution is -2.29. The van der Waals surface area contributed by atoms with Gasteiger partial charge in [-0.2, -0.15) is 5.53 Å². The van der Waals surface area contributed by atoms with Crippen molar-refractivity contribution in [3.8, 4) is 0 Å². The molecule has 0 amide bonds. The standard InChI is InChI=1S/C2H4N6O2/c3-1(6-7-5)2(4)8(9)10/h4H,(H3,3,5,6). The van der Waals surface area contributed by atoms with Crippen LogP contribution in [0.25, 0.3) is 0 Å². The van der Waals surface area contributed by atoms with E-state index in [9.17, 15) is 10.1 Å². The van der Waals surface area contributed by atoms with E-state index in [0.717, 1.165) is 0 Å². The van der Waals surface area contributed by atoms with Crippen molar-refractivity contribution in [3.05, 3.63) is 10.1 Å². The molecule has 0 fully saturated rings. The summed E-state index contributed by atoms with van der Waals surface area (Å²) in [6, 6.07) is 0. The lowest BCUT2D eigenvalue weighted by atomic mass is 10.6. The second-order valence-corrected chi connectivity index (χ2v) is 1.19. The molecule has 0 heterocycles. The van der Waals surface area contributed by atoms with E-state index >= 15 is 0 Å². The van der Waals surface area contributed by atoms with Gasteiger partial charge in [0.25, 0.3) is 0 Å². The Labute approximate surface area is 54.9 Å². The molecule has 0 radical (unpaired) electrons. The molecule has 0 atom stereocenters. The van der Waals surface area contributed by atoms with Crippen molar-refractivity contribution in [1.29, 1.82) is 10.9 Å². The normalized spacial score (nSPS) is 10.6. The largest absolute Gasteiger partial charge is 0.400 e. The van der Waals surface area contributed by atoms with Gasteiger partial charge in [0, 0.05) is 0 Å². The van der Waals surface area contributed by atoms with Gasteiger partial charge in [-0.3, -0.25) is 0 Å². The molecule has 8 nitrogen and oxygen atoms in total. The molecule has 0 aromatic rings. The summed E-state index contributed by atoms with van der Waals surface area (Å²) in [6.07, 6.45) is 0. The third kappa shape index (κ3) is 1.94. The summed E-state index contributed by atoms with van der Waals surface area (Å²) in [5, 5.41) is 21.5. The van der Waals surface area contributed by atoms with Crippen molar-refractivity contribution in [2.24, 2.45) is 16.1 Å². The Balaban J connectivity index is 4.36. The molecule has 0 saturated carbocycles. The average Bonchev–Trinajstić information content (AvgIpc) is 1.87. The van der Waals surface area contributed by atoms with Crippen molar-refractivity contribution >= 4 is 11.7 Å². The summed E-state index contributed by atoms with van der Waals surface area (Å²) < 4.78 is 0. The number of nitrogens with zero attached hydrogens (tertiary/aromatic N) is 3. The number of hydrogen-bond donors (Lipinski definition) is 3. The maximum Gasteiger partial charge on any atom is 0.400 e. The van der Waals surface area contributed by atoms with Crippen LogP contribution < -0.4 is 5.73 Å². The zero-order chi connectivity index (χ0) is 8.15. The van der Waals surface area contributed by atoms with Crippen LogP contribution in [0.5, 0.6) is 0 Å². The number of rotatable bonds is 1. The van der Waals surface area contributed by atoms with E-state index in [1.165, 1.54) is 0 Å². The molecule has 0 bridgehead atoms. The summed E-state index contributed by atoms with van der Waals surface area (Å²) in [7, 11) is 0. The molecule has 0 aliphatic rings. The third-order valence-electron chi connectivity index (χ3n) is 0.583. The highest BCUT2D eigenvalue weighted by molar-refractivity contribution is 6.34. The Hall–Kier alpha value is -1.86. The summed E-state index contributed by atoms with van der Waals surface area (Å²) in [6.45, 7) is 0. The summed E-state index contributed by atoms with van der Waals surface area (Å²) >= 11 is 0. The van der Waals surface area contributed by atoms with Crippen molar-refractivity contribution in [2.75, 3.05) is 0 Å². The van der Waals surface area contributed by atoms with Crippen molar-refractivity contribution in [3.63, 3.8) is 0 Å². The van der Waals surface area contributed by atoms with E-state index in [0.29, 0.717) is 0 Å². The van der Waals surface area contributed by atoms with Gasteiger partial charge in [0.2, 0.25) is 5.84 Å². The lowest BCUT2D eigenvalue weighted by molar-refractivity contribution is -0.347. The smallest absolute Gasteiger partial charge is 0.375 e. The predicted octanol–water partition coefficient (Wildman–Crippen LogP) is -0.456. The van der Waals surface area contributed by atoms with Crippen LogP contribution in [0.15, 0.2) is 10.3 Å². The second-order valence-electron chi connectivity index (χ2n) is 1.19. The highest BCUT2D eigenvalue weighted by Gasteiger charge is 2.12. The number of hydrogen-bond acceptors (Lipinski definition) is 5. The van der Waals surface area contributed by atoms with Crippen molar-refractivity contribution in [2.45, 2.75) is 0 Å². The molecule has 0 aromatic heterocycles. The lowest BCUT2D eigenvalue weighted by Gasteiger charge is -1.90. The van der Waals surface area contributed by atoms with Gasteiger partial charge in [-0.25, -0.2) is 0 Å². The zero-order valence-electron chi connectivity index (χ0n) is 4.74. The monoisotopic (exact) mass is 144 g/mol. The molecule has 8 heteroatoms. The number of amidine groups is 2. The van der Waals surface area contributed by atoms with E-state index in [2.05, 4.69) is 10.3 Å². The van der Waals surface area contributed by atoms with Crippen molar-refractivity contribution in [1.82, 2.24) is 0 Å². The Morgan fingerprint density at radius 1 is 1.70 bits per heavy atom. The van der Waals surface area contributed by atoms with Crippen LogP contribution in [0, 0.1) is 21.1 Å². The SMILES string of the molecule is N=N/N=C(/N)C(=N)[N+](=O)[O-]. The molecule has 0 unspecified atom stereocenters. The molecule has 54 valence electrons. The topological polar surface area (TPSA) is 142 Å². The minimum absolute atomic E-state index is 0.681. The second kappa shape index (κ2) is 3.22. The predicted molar refractivity (Wildman–Crippen MR) is 31.5 cm³/mol. The van der Waals surface area contributed by atoms with Crippen LogP contribution >= 0.6 is 0 Å². The van der Waals surface area contributed by atoms with Gasteiger partial charge >= 0.3 is 5.84 Å². The molecule has 0 aliphatic heterocycles. The third-order valence-corrected chi connectivity index (χ3v) is 0.583. The molecule has 0 aliphatic carbocycles. The maximum absolute atomic E-state index is 9.73. The molecule has 0 aromatic carbocycles. The first kappa shape index (κ1) is 8.14. The summed E-state index contributed by atoms with van der Waals surface area (Å²) in [5.74, 6) is -1.74. The molecular formula is C2H4N6O2. The van der Waals surface area contributed by atoms with E-state index in [4.69, 9.17) is 16.7 Å². The molecule has 10 heavy (non-hydrogen) atoms. The summed E-state index contributed by atoms with van der Waals surface area (Å²) in [5.41, 5.74) is 10.9. The van der Waals surface area contributed by atoms with E-state index < -0.39 is 16.6 Å². The van der Waals surface area contributed by atoms with E-state index in [1.807, 2.05) is 0 Å². The van der Waals surface area contributed by atoms with Crippen LogP contribution in [0.4, 0.5) is 0 Å².